The second-order valence-corrected chi connectivity index (χ2v) is 14.8. The SMILES string of the molecule is c1cc(-c2cccc3ccccc23)cc(-c2c3ccccc3c(-c3ccc(-c4ccc(-c5ccc6c(ccc7ccccc76)c5)cc4)cc3)c3ccccc23)c1. The molecule has 0 N–H and O–H groups in total. The first-order valence-corrected chi connectivity index (χ1v) is 19.4. The van der Waals surface area contributed by atoms with Crippen LogP contribution in [0.4, 0.5) is 0 Å². The third-order valence-corrected chi connectivity index (χ3v) is 11.7. The molecule has 0 fully saturated rings. The zero-order valence-electron chi connectivity index (χ0n) is 30.8. The van der Waals surface area contributed by atoms with Crippen LogP contribution in [-0.4, -0.2) is 0 Å². The fourth-order valence-electron chi connectivity index (χ4n) is 8.95. The van der Waals surface area contributed by atoms with E-state index in [4.69, 9.17) is 0 Å². The van der Waals surface area contributed by atoms with Crippen LogP contribution in [0.3, 0.4) is 0 Å². The molecule has 0 radical (unpaired) electrons. The summed E-state index contributed by atoms with van der Waals surface area (Å²) in [6, 6.07) is 80.3. The lowest BCUT2D eigenvalue weighted by molar-refractivity contribution is 1.59. The van der Waals surface area contributed by atoms with Crippen LogP contribution in [-0.2, 0) is 0 Å². The molecular weight excluding hydrogens is 673 g/mol. The maximum atomic E-state index is 2.37. The highest BCUT2D eigenvalue weighted by atomic mass is 14.2. The molecule has 0 heterocycles. The molecule has 11 aromatic rings. The maximum Gasteiger partial charge on any atom is -0.00262 e. The van der Waals surface area contributed by atoms with Gasteiger partial charge in [0.15, 0.2) is 0 Å². The Morgan fingerprint density at radius 2 is 0.589 bits per heavy atom. The quantitative estimate of drug-likeness (QED) is 0.123. The summed E-state index contributed by atoms with van der Waals surface area (Å²) < 4.78 is 0. The zero-order chi connectivity index (χ0) is 37.0. The molecule has 0 heteroatoms. The summed E-state index contributed by atoms with van der Waals surface area (Å²) in [5.41, 5.74) is 12.4. The molecule has 11 aromatic carbocycles. The lowest BCUT2D eigenvalue weighted by atomic mass is 9.85. The third kappa shape index (κ3) is 5.38. The summed E-state index contributed by atoms with van der Waals surface area (Å²) in [5.74, 6) is 0. The topological polar surface area (TPSA) is 0 Å². The van der Waals surface area contributed by atoms with Gasteiger partial charge >= 0.3 is 0 Å². The van der Waals surface area contributed by atoms with Crippen LogP contribution in [0.1, 0.15) is 0 Å². The highest BCUT2D eigenvalue weighted by Crippen LogP contribution is 2.45. The Labute approximate surface area is 326 Å². The van der Waals surface area contributed by atoms with E-state index >= 15 is 0 Å². The number of rotatable bonds is 5. The van der Waals surface area contributed by atoms with E-state index in [1.165, 1.54) is 109 Å². The van der Waals surface area contributed by atoms with E-state index in [1.54, 1.807) is 0 Å². The van der Waals surface area contributed by atoms with E-state index in [1.807, 2.05) is 0 Å². The van der Waals surface area contributed by atoms with Crippen LogP contribution in [0.25, 0.3) is 109 Å². The summed E-state index contributed by atoms with van der Waals surface area (Å²) in [5, 5.41) is 12.7. The minimum Gasteiger partial charge on any atom is -0.0616 e. The lowest BCUT2D eigenvalue weighted by Gasteiger charge is -2.18. The maximum absolute atomic E-state index is 2.37. The van der Waals surface area contributed by atoms with E-state index in [-0.39, 0.29) is 0 Å². The van der Waals surface area contributed by atoms with Crippen molar-refractivity contribution in [1.82, 2.24) is 0 Å². The minimum absolute atomic E-state index is 1.21. The summed E-state index contributed by atoms with van der Waals surface area (Å²) >= 11 is 0. The van der Waals surface area contributed by atoms with Crippen molar-refractivity contribution in [3.05, 3.63) is 218 Å². The van der Waals surface area contributed by atoms with Crippen LogP contribution in [0.2, 0.25) is 0 Å². The third-order valence-electron chi connectivity index (χ3n) is 11.7. The van der Waals surface area contributed by atoms with Gasteiger partial charge in [-0.3, -0.25) is 0 Å². The Hall–Kier alpha value is -7.28. The first-order chi connectivity index (χ1) is 27.8. The van der Waals surface area contributed by atoms with Gasteiger partial charge in [0.1, 0.15) is 0 Å². The second kappa shape index (κ2) is 13.2. The van der Waals surface area contributed by atoms with Crippen molar-refractivity contribution in [2.75, 3.05) is 0 Å². The number of benzene rings is 11. The monoisotopic (exact) mass is 708 g/mol. The predicted octanol–water partition coefficient (Wildman–Crippen LogP) is 15.8. The molecule has 0 saturated heterocycles. The normalized spacial score (nSPS) is 11.6. The van der Waals surface area contributed by atoms with Crippen molar-refractivity contribution in [2.45, 2.75) is 0 Å². The van der Waals surface area contributed by atoms with Gasteiger partial charge in [0.2, 0.25) is 0 Å². The molecule has 0 amide bonds. The Morgan fingerprint density at radius 1 is 0.179 bits per heavy atom. The molecule has 0 aliphatic heterocycles. The Balaban J connectivity index is 0.966. The molecule has 11 rings (SSSR count). The Bertz CT molecular complexity index is 3210. The first-order valence-electron chi connectivity index (χ1n) is 19.4. The van der Waals surface area contributed by atoms with Crippen molar-refractivity contribution in [3.8, 4) is 55.6 Å². The number of hydrogen-bond donors (Lipinski definition) is 0. The average Bonchev–Trinajstić information content (AvgIpc) is 3.28. The molecule has 0 nitrogen and oxygen atoms in total. The number of hydrogen-bond acceptors (Lipinski definition) is 0. The molecule has 0 aromatic heterocycles. The molecule has 0 saturated carbocycles. The van der Waals surface area contributed by atoms with Gasteiger partial charge in [-0.1, -0.05) is 206 Å². The van der Waals surface area contributed by atoms with Crippen molar-refractivity contribution < 1.29 is 0 Å². The van der Waals surface area contributed by atoms with E-state index in [9.17, 15) is 0 Å². The molecular formula is C56H36. The average molecular weight is 709 g/mol. The largest absolute Gasteiger partial charge is 0.0616 e. The van der Waals surface area contributed by atoms with Gasteiger partial charge in [-0.25, -0.2) is 0 Å². The molecule has 0 bridgehead atoms. The minimum atomic E-state index is 1.21. The van der Waals surface area contributed by atoms with Crippen molar-refractivity contribution in [1.29, 1.82) is 0 Å². The highest BCUT2D eigenvalue weighted by Gasteiger charge is 2.17. The van der Waals surface area contributed by atoms with E-state index in [0.29, 0.717) is 0 Å². The summed E-state index contributed by atoms with van der Waals surface area (Å²) in [7, 11) is 0. The molecule has 260 valence electrons. The summed E-state index contributed by atoms with van der Waals surface area (Å²) in [4.78, 5) is 0. The van der Waals surface area contributed by atoms with E-state index in [0.717, 1.165) is 0 Å². The molecule has 0 atom stereocenters. The zero-order valence-corrected chi connectivity index (χ0v) is 30.8. The van der Waals surface area contributed by atoms with Crippen LogP contribution in [0, 0.1) is 0 Å². The van der Waals surface area contributed by atoms with Gasteiger partial charge in [-0.2, -0.15) is 0 Å². The second-order valence-electron chi connectivity index (χ2n) is 14.8. The molecule has 0 spiro atoms. The van der Waals surface area contributed by atoms with Crippen LogP contribution >= 0.6 is 0 Å². The van der Waals surface area contributed by atoms with Crippen LogP contribution in [0.5, 0.6) is 0 Å². The van der Waals surface area contributed by atoms with Gasteiger partial charge in [0.05, 0.1) is 0 Å². The van der Waals surface area contributed by atoms with Crippen molar-refractivity contribution >= 4 is 53.9 Å². The van der Waals surface area contributed by atoms with Gasteiger partial charge in [-0.05, 0) is 122 Å². The fourth-order valence-corrected chi connectivity index (χ4v) is 8.95. The number of fused-ring (bicyclic) bond motifs is 6. The van der Waals surface area contributed by atoms with Gasteiger partial charge < -0.3 is 0 Å². The van der Waals surface area contributed by atoms with Gasteiger partial charge in [0, 0.05) is 0 Å². The van der Waals surface area contributed by atoms with Gasteiger partial charge in [0.25, 0.3) is 0 Å². The van der Waals surface area contributed by atoms with E-state index < -0.39 is 0 Å². The van der Waals surface area contributed by atoms with Gasteiger partial charge in [-0.15, -0.1) is 0 Å². The molecule has 56 heavy (non-hydrogen) atoms. The lowest BCUT2D eigenvalue weighted by Crippen LogP contribution is -1.91. The molecule has 0 aliphatic rings. The predicted molar refractivity (Wildman–Crippen MR) is 241 cm³/mol. The Kier molecular flexibility index (Phi) is 7.60. The Morgan fingerprint density at radius 3 is 1.23 bits per heavy atom. The summed E-state index contributed by atoms with van der Waals surface area (Å²) in [6.07, 6.45) is 0. The van der Waals surface area contributed by atoms with Crippen LogP contribution < -0.4 is 0 Å². The van der Waals surface area contributed by atoms with Crippen molar-refractivity contribution in [3.63, 3.8) is 0 Å². The van der Waals surface area contributed by atoms with Crippen LogP contribution in [0.15, 0.2) is 218 Å². The highest BCUT2D eigenvalue weighted by molar-refractivity contribution is 6.21. The fraction of sp³-hybridized carbons (Fsp3) is 0. The van der Waals surface area contributed by atoms with E-state index in [2.05, 4.69) is 218 Å². The molecule has 0 unspecified atom stereocenters. The first kappa shape index (κ1) is 32.2. The van der Waals surface area contributed by atoms with Crippen molar-refractivity contribution in [2.24, 2.45) is 0 Å². The smallest absolute Gasteiger partial charge is 0.00262 e. The molecule has 0 aliphatic carbocycles. The summed E-state index contributed by atoms with van der Waals surface area (Å²) in [6.45, 7) is 0. The standard InChI is InChI=1S/C56H36/c1-3-16-47-40(11-1)13-10-22-49(47)44-14-9-15-46(36-44)56-53-20-7-5-18-51(53)55(52-19-6-8-21-54(52)56)42-30-27-38(28-31-42)37-23-25-39(26-24-37)43-33-34-50-45(35-43)32-29-41-12-2-4-17-48(41)50/h1-36H.